The zero-order valence-electron chi connectivity index (χ0n) is 11.5. The van der Waals surface area contributed by atoms with Crippen molar-refractivity contribution in [1.82, 2.24) is 20.0 Å². The van der Waals surface area contributed by atoms with Crippen molar-refractivity contribution >= 4 is 17.5 Å². The first-order valence-corrected chi connectivity index (χ1v) is 6.53. The standard InChI is InChI=1S/C12H21ClN4O/c1-5-9-12(13)10(17(6-2)15-9)7-14-8-11(18)16(3)4/h14H,5-8H2,1-4H3. The van der Waals surface area contributed by atoms with Crippen LogP contribution in [0.5, 0.6) is 0 Å². The van der Waals surface area contributed by atoms with Crippen LogP contribution in [0.25, 0.3) is 0 Å². The van der Waals surface area contributed by atoms with Crippen molar-refractivity contribution < 1.29 is 4.79 Å². The minimum atomic E-state index is 0.0457. The minimum absolute atomic E-state index is 0.0457. The van der Waals surface area contributed by atoms with Gasteiger partial charge >= 0.3 is 0 Å². The Balaban J connectivity index is 2.66. The SMILES string of the molecule is CCc1nn(CC)c(CNCC(=O)N(C)C)c1Cl. The molecule has 1 rings (SSSR count). The summed E-state index contributed by atoms with van der Waals surface area (Å²) >= 11 is 6.27. The van der Waals surface area contributed by atoms with Crippen LogP contribution in [-0.2, 0) is 24.3 Å². The maximum atomic E-state index is 11.4. The predicted octanol–water partition coefficient (Wildman–Crippen LogP) is 1.30. The summed E-state index contributed by atoms with van der Waals surface area (Å²) in [4.78, 5) is 13.0. The number of halogens is 1. The van der Waals surface area contributed by atoms with E-state index in [2.05, 4.69) is 10.4 Å². The van der Waals surface area contributed by atoms with Crippen molar-refractivity contribution in [1.29, 1.82) is 0 Å². The van der Waals surface area contributed by atoms with Crippen LogP contribution in [0.1, 0.15) is 25.2 Å². The molecular weight excluding hydrogens is 252 g/mol. The largest absolute Gasteiger partial charge is 0.348 e. The Morgan fingerprint density at radius 2 is 2.11 bits per heavy atom. The highest BCUT2D eigenvalue weighted by Crippen LogP contribution is 2.21. The molecule has 0 unspecified atom stereocenters. The zero-order valence-corrected chi connectivity index (χ0v) is 12.2. The molecule has 1 aromatic heterocycles. The van der Waals surface area contributed by atoms with Gasteiger partial charge in [-0.25, -0.2) is 0 Å². The molecule has 18 heavy (non-hydrogen) atoms. The molecule has 0 saturated carbocycles. The van der Waals surface area contributed by atoms with Crippen LogP contribution in [0.3, 0.4) is 0 Å². The zero-order chi connectivity index (χ0) is 13.7. The molecule has 0 radical (unpaired) electrons. The van der Waals surface area contributed by atoms with Crippen molar-refractivity contribution in [3.8, 4) is 0 Å². The van der Waals surface area contributed by atoms with Gasteiger partial charge in [0, 0.05) is 27.2 Å². The normalized spacial score (nSPS) is 10.7. The van der Waals surface area contributed by atoms with Crippen molar-refractivity contribution in [2.45, 2.75) is 33.4 Å². The first-order chi connectivity index (χ1) is 8.51. The molecule has 0 bridgehead atoms. The summed E-state index contributed by atoms with van der Waals surface area (Å²) in [6.07, 6.45) is 0.815. The Kier molecular flexibility index (Phi) is 5.62. The summed E-state index contributed by atoms with van der Waals surface area (Å²) < 4.78 is 1.88. The maximum absolute atomic E-state index is 11.4. The molecule has 6 heteroatoms. The third-order valence-electron chi connectivity index (χ3n) is 2.76. The monoisotopic (exact) mass is 272 g/mol. The van der Waals surface area contributed by atoms with Crippen molar-refractivity contribution in [2.24, 2.45) is 0 Å². The lowest BCUT2D eigenvalue weighted by Crippen LogP contribution is -2.33. The second-order valence-corrected chi connectivity index (χ2v) is 4.65. The number of carbonyl (C=O) groups is 1. The van der Waals surface area contributed by atoms with Crippen molar-refractivity contribution in [2.75, 3.05) is 20.6 Å². The van der Waals surface area contributed by atoms with Gasteiger partial charge in [-0.15, -0.1) is 0 Å². The molecular formula is C12H21ClN4O. The lowest BCUT2D eigenvalue weighted by molar-refractivity contribution is -0.127. The third kappa shape index (κ3) is 3.46. The maximum Gasteiger partial charge on any atom is 0.236 e. The van der Waals surface area contributed by atoms with Gasteiger partial charge in [0.05, 0.1) is 23.0 Å². The number of amides is 1. The van der Waals surface area contributed by atoms with Gasteiger partial charge in [-0.2, -0.15) is 5.10 Å². The molecule has 1 aromatic rings. The molecule has 0 aliphatic rings. The smallest absolute Gasteiger partial charge is 0.236 e. The minimum Gasteiger partial charge on any atom is -0.348 e. The Hall–Kier alpha value is -1.07. The quantitative estimate of drug-likeness (QED) is 0.849. The van der Waals surface area contributed by atoms with E-state index in [1.807, 2.05) is 18.5 Å². The molecule has 0 saturated heterocycles. The number of nitrogens with one attached hydrogen (secondary N) is 1. The molecule has 0 spiro atoms. The summed E-state index contributed by atoms with van der Waals surface area (Å²) in [7, 11) is 3.48. The van der Waals surface area contributed by atoms with Gasteiger partial charge < -0.3 is 10.2 Å². The predicted molar refractivity (Wildman–Crippen MR) is 72.7 cm³/mol. The van der Waals surface area contributed by atoms with E-state index < -0.39 is 0 Å². The Morgan fingerprint density at radius 3 is 2.61 bits per heavy atom. The van der Waals surface area contributed by atoms with Crippen LogP contribution in [0.4, 0.5) is 0 Å². The summed E-state index contributed by atoms with van der Waals surface area (Å²) in [5.41, 5.74) is 1.86. The van der Waals surface area contributed by atoms with Gasteiger partial charge in [0.15, 0.2) is 0 Å². The molecule has 0 fully saturated rings. The number of rotatable bonds is 6. The molecule has 0 atom stereocenters. The number of aryl methyl sites for hydroxylation is 2. The molecule has 0 aliphatic carbocycles. The van der Waals surface area contributed by atoms with Crippen LogP contribution in [0.15, 0.2) is 0 Å². The van der Waals surface area contributed by atoms with Crippen LogP contribution in [0, 0.1) is 0 Å². The number of carbonyl (C=O) groups excluding carboxylic acids is 1. The first-order valence-electron chi connectivity index (χ1n) is 6.16. The van der Waals surface area contributed by atoms with Crippen LogP contribution < -0.4 is 5.32 Å². The fourth-order valence-corrected chi connectivity index (χ4v) is 1.97. The number of hydrogen-bond acceptors (Lipinski definition) is 3. The lowest BCUT2D eigenvalue weighted by atomic mass is 10.3. The Bertz CT molecular complexity index is 414. The summed E-state index contributed by atoms with van der Waals surface area (Å²) in [5.74, 6) is 0.0457. The Morgan fingerprint density at radius 1 is 1.44 bits per heavy atom. The summed E-state index contributed by atoms with van der Waals surface area (Å²) in [5, 5.41) is 8.24. The number of aromatic nitrogens is 2. The third-order valence-corrected chi connectivity index (χ3v) is 3.20. The van der Waals surface area contributed by atoms with Crippen molar-refractivity contribution in [3.05, 3.63) is 16.4 Å². The van der Waals surface area contributed by atoms with E-state index in [-0.39, 0.29) is 5.91 Å². The van der Waals surface area contributed by atoms with Crippen LogP contribution in [0.2, 0.25) is 5.02 Å². The van der Waals surface area contributed by atoms with Crippen LogP contribution in [-0.4, -0.2) is 41.2 Å². The van der Waals surface area contributed by atoms with Gasteiger partial charge in [0.2, 0.25) is 5.91 Å². The van der Waals surface area contributed by atoms with E-state index in [9.17, 15) is 4.79 Å². The lowest BCUT2D eigenvalue weighted by Gasteiger charge is -2.11. The highest BCUT2D eigenvalue weighted by molar-refractivity contribution is 6.31. The molecule has 1 heterocycles. The van der Waals surface area contributed by atoms with E-state index in [1.54, 1.807) is 19.0 Å². The summed E-state index contributed by atoms with van der Waals surface area (Å²) in [6, 6.07) is 0. The van der Waals surface area contributed by atoms with Gasteiger partial charge in [0.25, 0.3) is 0 Å². The molecule has 5 nitrogen and oxygen atoms in total. The van der Waals surface area contributed by atoms with E-state index in [4.69, 9.17) is 11.6 Å². The van der Waals surface area contributed by atoms with Crippen molar-refractivity contribution in [3.63, 3.8) is 0 Å². The molecule has 0 aromatic carbocycles. The average Bonchev–Trinajstić information content (AvgIpc) is 2.65. The van der Waals surface area contributed by atoms with Crippen LogP contribution >= 0.6 is 11.6 Å². The topological polar surface area (TPSA) is 50.2 Å². The number of nitrogens with zero attached hydrogens (tertiary/aromatic N) is 3. The van der Waals surface area contributed by atoms with E-state index in [0.29, 0.717) is 18.1 Å². The average molecular weight is 273 g/mol. The van der Waals surface area contributed by atoms with Gasteiger partial charge in [-0.1, -0.05) is 18.5 Å². The molecule has 1 amide bonds. The van der Waals surface area contributed by atoms with Gasteiger partial charge in [-0.05, 0) is 13.3 Å². The van der Waals surface area contributed by atoms with E-state index >= 15 is 0 Å². The Labute approximate surface area is 113 Å². The van der Waals surface area contributed by atoms with E-state index in [0.717, 1.165) is 24.4 Å². The van der Waals surface area contributed by atoms with Gasteiger partial charge in [0.1, 0.15) is 0 Å². The molecule has 1 N–H and O–H groups in total. The molecule has 102 valence electrons. The first kappa shape index (κ1) is 15.0. The summed E-state index contributed by atoms with van der Waals surface area (Å²) in [6.45, 7) is 5.69. The highest BCUT2D eigenvalue weighted by Gasteiger charge is 2.14. The van der Waals surface area contributed by atoms with E-state index in [1.165, 1.54) is 0 Å². The number of hydrogen-bond donors (Lipinski definition) is 1. The fraction of sp³-hybridized carbons (Fsp3) is 0.667. The fourth-order valence-electron chi connectivity index (χ4n) is 1.63. The van der Waals surface area contributed by atoms with Gasteiger partial charge in [-0.3, -0.25) is 9.48 Å². The number of likely N-dealkylation sites (N-methyl/N-ethyl adjacent to an activating group) is 1. The highest BCUT2D eigenvalue weighted by atomic mass is 35.5. The second kappa shape index (κ2) is 6.75. The molecule has 0 aliphatic heterocycles. The second-order valence-electron chi connectivity index (χ2n) is 4.27.